The van der Waals surface area contributed by atoms with Crippen LogP contribution in [0.5, 0.6) is 5.75 Å². The number of rotatable bonds is 9. The fraction of sp³-hybridized carbons (Fsp3) is 0.529. The van der Waals surface area contributed by atoms with Crippen molar-refractivity contribution in [3.8, 4) is 5.75 Å². The molecule has 150 valence electrons. The number of hydrogen-bond donors (Lipinski definition) is 4. The second-order valence-corrected chi connectivity index (χ2v) is 5.20. The molecule has 0 spiro atoms. The zero-order valence-corrected chi connectivity index (χ0v) is 19.8. The average molecular weight is 416 g/mol. The predicted octanol–water partition coefficient (Wildman–Crippen LogP) is -1.40. The molecule has 0 bridgehead atoms. The van der Waals surface area contributed by atoms with E-state index in [4.69, 9.17) is 11.5 Å². The van der Waals surface area contributed by atoms with Crippen LogP contribution in [0.3, 0.4) is 0 Å². The van der Waals surface area contributed by atoms with Gasteiger partial charge in [-0.3, -0.25) is 0 Å². The Kier molecular flexibility index (Phi) is 16.4. The van der Waals surface area contributed by atoms with E-state index in [1.807, 2.05) is 13.8 Å². The van der Waals surface area contributed by atoms with Crippen LogP contribution in [0, 0.1) is 5.82 Å². The summed E-state index contributed by atoms with van der Waals surface area (Å²) < 4.78 is 38.8. The van der Waals surface area contributed by atoms with E-state index in [1.165, 1.54) is 11.0 Å². The van der Waals surface area contributed by atoms with E-state index in [9.17, 15) is 18.3 Å². The van der Waals surface area contributed by atoms with Gasteiger partial charge in [0.2, 0.25) is 0 Å². The first-order valence-corrected chi connectivity index (χ1v) is 8.40. The van der Waals surface area contributed by atoms with Crippen LogP contribution < -0.4 is 78.6 Å². The van der Waals surface area contributed by atoms with Crippen molar-refractivity contribution in [2.75, 3.05) is 32.0 Å². The molecule has 0 aliphatic heterocycles. The Morgan fingerprint density at radius 1 is 1.30 bits per heavy atom. The van der Waals surface area contributed by atoms with Crippen LogP contribution in [-0.2, 0) is 0 Å². The molecular formula is C17H29F3KN5O. The maximum atomic E-state index is 13.3. The second kappa shape index (κ2) is 15.4. The third-order valence-electron chi connectivity index (χ3n) is 3.58. The van der Waals surface area contributed by atoms with Crippen molar-refractivity contribution in [3.63, 3.8) is 0 Å². The Labute approximate surface area is 202 Å². The van der Waals surface area contributed by atoms with Crippen molar-refractivity contribution < 1.29 is 69.7 Å². The molecule has 0 fully saturated rings. The van der Waals surface area contributed by atoms with Crippen molar-refractivity contribution in [2.24, 2.45) is 11.5 Å². The van der Waals surface area contributed by atoms with Crippen molar-refractivity contribution >= 4 is 5.69 Å². The standard InChI is InChI=1S/C15H24F3N5O.C2H6.K/c1-9(21-2)23(8-14(17)18)15(20)10(6-19)7-22-11-3-4-13(24)12(16)5-11;1-2;/h3-5,9,14,21-22,24H,6-8,19-20H2,1-2H3;1-2H3;/q;;+1/p-1/b15-10-;;. The van der Waals surface area contributed by atoms with Crippen LogP contribution in [0.15, 0.2) is 29.6 Å². The van der Waals surface area contributed by atoms with Gasteiger partial charge in [0.15, 0.2) is 0 Å². The Morgan fingerprint density at radius 2 is 1.89 bits per heavy atom. The summed E-state index contributed by atoms with van der Waals surface area (Å²) in [5.41, 5.74) is 12.5. The van der Waals surface area contributed by atoms with Crippen LogP contribution in [0.2, 0.25) is 0 Å². The normalized spacial score (nSPS) is 12.3. The second-order valence-electron chi connectivity index (χ2n) is 5.20. The van der Waals surface area contributed by atoms with E-state index in [0.717, 1.165) is 12.1 Å². The number of nitrogens with two attached hydrogens (primary N) is 2. The summed E-state index contributed by atoms with van der Waals surface area (Å²) in [5, 5.41) is 16.8. The SMILES string of the molecule is CC.CNC(C)N(CC(F)F)/C(N)=C(/CN)CNc1ccc([O-])c(F)c1.[K+]. The molecule has 0 saturated heterocycles. The molecule has 1 aromatic rings. The minimum atomic E-state index is -2.56. The smallest absolute Gasteiger partial charge is 0.870 e. The number of alkyl halides is 2. The van der Waals surface area contributed by atoms with Crippen LogP contribution in [0.4, 0.5) is 18.9 Å². The zero-order valence-electron chi connectivity index (χ0n) is 16.7. The Morgan fingerprint density at radius 3 is 2.33 bits per heavy atom. The van der Waals surface area contributed by atoms with Crippen LogP contribution in [-0.4, -0.2) is 44.2 Å². The van der Waals surface area contributed by atoms with Gasteiger partial charge < -0.3 is 32.1 Å². The van der Waals surface area contributed by atoms with Gasteiger partial charge in [0.05, 0.1) is 12.7 Å². The maximum Gasteiger partial charge on any atom is 1.00 e. The van der Waals surface area contributed by atoms with Gasteiger partial charge in [-0.15, -0.1) is 0 Å². The van der Waals surface area contributed by atoms with Gasteiger partial charge in [-0.05, 0) is 26.1 Å². The monoisotopic (exact) mass is 415 g/mol. The molecule has 1 atom stereocenters. The van der Waals surface area contributed by atoms with E-state index in [0.29, 0.717) is 11.3 Å². The van der Waals surface area contributed by atoms with Crippen LogP contribution in [0.1, 0.15) is 20.8 Å². The summed E-state index contributed by atoms with van der Waals surface area (Å²) >= 11 is 0. The summed E-state index contributed by atoms with van der Waals surface area (Å²) in [4.78, 5) is 1.32. The number of nitrogens with one attached hydrogen (secondary N) is 2. The van der Waals surface area contributed by atoms with E-state index in [1.54, 1.807) is 14.0 Å². The summed E-state index contributed by atoms with van der Waals surface area (Å²) in [7, 11) is 1.63. The zero-order chi connectivity index (χ0) is 20.3. The molecule has 1 aromatic carbocycles. The molecule has 0 heterocycles. The third-order valence-corrected chi connectivity index (χ3v) is 3.58. The fourth-order valence-corrected chi connectivity index (χ4v) is 2.06. The molecule has 10 heteroatoms. The Balaban J connectivity index is 0. The number of anilines is 1. The quantitative estimate of drug-likeness (QED) is 0.292. The average Bonchev–Trinajstić information content (AvgIpc) is 2.63. The molecular weight excluding hydrogens is 386 g/mol. The van der Waals surface area contributed by atoms with E-state index in [-0.39, 0.29) is 70.3 Å². The molecule has 1 rings (SSSR count). The summed E-state index contributed by atoms with van der Waals surface area (Å²) in [6.45, 7) is 5.32. The predicted molar refractivity (Wildman–Crippen MR) is 97.2 cm³/mol. The van der Waals surface area contributed by atoms with Crippen molar-refractivity contribution in [2.45, 2.75) is 33.4 Å². The minimum absolute atomic E-state index is 0. The molecule has 27 heavy (non-hydrogen) atoms. The molecule has 6 nitrogen and oxygen atoms in total. The van der Waals surface area contributed by atoms with E-state index >= 15 is 0 Å². The molecule has 0 aliphatic carbocycles. The Bertz CT molecular complexity index is 575. The van der Waals surface area contributed by atoms with Crippen LogP contribution >= 0.6 is 0 Å². The third kappa shape index (κ3) is 10.0. The number of hydrogen-bond acceptors (Lipinski definition) is 6. The fourth-order valence-electron chi connectivity index (χ4n) is 2.06. The van der Waals surface area contributed by atoms with Gasteiger partial charge in [0.1, 0.15) is 11.6 Å². The van der Waals surface area contributed by atoms with Gasteiger partial charge >= 0.3 is 51.4 Å². The number of benzene rings is 1. The van der Waals surface area contributed by atoms with Gasteiger partial charge in [-0.25, -0.2) is 13.2 Å². The largest absolute Gasteiger partial charge is 1.00 e. The first-order valence-electron chi connectivity index (χ1n) is 8.40. The maximum absolute atomic E-state index is 13.3. The van der Waals surface area contributed by atoms with Gasteiger partial charge in [0, 0.05) is 24.4 Å². The first kappa shape index (κ1) is 28.7. The van der Waals surface area contributed by atoms with Gasteiger partial charge in [-0.1, -0.05) is 25.7 Å². The van der Waals surface area contributed by atoms with Crippen molar-refractivity contribution in [3.05, 3.63) is 35.4 Å². The molecule has 0 radical (unpaired) electrons. The molecule has 0 amide bonds. The summed E-state index contributed by atoms with van der Waals surface area (Å²) in [6.07, 6.45) is -2.98. The van der Waals surface area contributed by atoms with E-state index in [2.05, 4.69) is 10.6 Å². The van der Waals surface area contributed by atoms with E-state index < -0.39 is 30.7 Å². The van der Waals surface area contributed by atoms with Crippen molar-refractivity contribution in [1.29, 1.82) is 0 Å². The topological polar surface area (TPSA) is 102 Å². The summed E-state index contributed by atoms with van der Waals surface area (Å²) in [6, 6.07) is 3.57. The molecule has 6 N–H and O–H groups in total. The van der Waals surface area contributed by atoms with Gasteiger partial charge in [-0.2, -0.15) is 0 Å². The molecule has 0 aromatic heterocycles. The minimum Gasteiger partial charge on any atom is -0.870 e. The molecule has 0 saturated carbocycles. The number of halogens is 3. The molecule has 1 unspecified atom stereocenters. The van der Waals surface area contributed by atoms with Crippen molar-refractivity contribution in [1.82, 2.24) is 10.2 Å². The number of nitrogens with zero attached hydrogens (tertiary/aromatic N) is 1. The van der Waals surface area contributed by atoms with Crippen LogP contribution in [0.25, 0.3) is 0 Å². The molecule has 0 aliphatic rings. The van der Waals surface area contributed by atoms with Gasteiger partial charge in [0.25, 0.3) is 6.43 Å². The summed E-state index contributed by atoms with van der Waals surface area (Å²) in [5.74, 6) is -1.46. The first-order chi connectivity index (χ1) is 12.3. The Hall–Kier alpha value is -0.494.